The fourth-order valence-electron chi connectivity index (χ4n) is 5.86. The van der Waals surface area contributed by atoms with E-state index in [2.05, 4.69) is 84.7 Å². The Morgan fingerprint density at radius 3 is 2.24 bits per heavy atom. The van der Waals surface area contributed by atoms with Gasteiger partial charge in [-0.05, 0) is 84.4 Å². The normalized spacial score (nSPS) is 18.5. The number of hydrogen-bond acceptors (Lipinski definition) is 3. The molecule has 1 saturated heterocycles. The Morgan fingerprint density at radius 2 is 1.54 bits per heavy atom. The standard InChI is InChI=1S/C33H49N3O/c1-26(2)10-8-11-27(3)12-9-13-28(4)18-19-34-20-22-35(23-21-34)31-16-17-32-29(24-31)25-36(33(32)37)30-14-6-5-7-15-30/h10,12,16-18,24-25,30,37H,5-9,11,13-15,19-23H2,1-4H3. The second-order valence-corrected chi connectivity index (χ2v) is 11.7. The zero-order valence-electron chi connectivity index (χ0n) is 23.8. The molecule has 0 unspecified atom stereocenters. The van der Waals surface area contributed by atoms with Crippen LogP contribution in [0.5, 0.6) is 5.88 Å². The molecule has 0 amide bonds. The molecule has 37 heavy (non-hydrogen) atoms. The fourth-order valence-corrected chi connectivity index (χ4v) is 5.86. The van der Waals surface area contributed by atoms with Crippen LogP contribution < -0.4 is 4.90 Å². The average molecular weight is 504 g/mol. The van der Waals surface area contributed by atoms with Crippen LogP contribution in [0, 0.1) is 0 Å². The van der Waals surface area contributed by atoms with Crippen LogP contribution in [0.1, 0.15) is 91.5 Å². The van der Waals surface area contributed by atoms with Crippen molar-refractivity contribution >= 4 is 16.5 Å². The van der Waals surface area contributed by atoms with E-state index in [1.807, 2.05) is 0 Å². The highest BCUT2D eigenvalue weighted by Gasteiger charge is 2.21. The smallest absolute Gasteiger partial charge is 0.199 e. The van der Waals surface area contributed by atoms with Gasteiger partial charge < -0.3 is 14.6 Å². The lowest BCUT2D eigenvalue weighted by Gasteiger charge is -2.35. The van der Waals surface area contributed by atoms with Gasteiger partial charge in [-0.2, -0.15) is 0 Å². The van der Waals surface area contributed by atoms with Crippen LogP contribution in [0.25, 0.3) is 10.8 Å². The van der Waals surface area contributed by atoms with Crippen LogP contribution in [0.15, 0.2) is 59.3 Å². The van der Waals surface area contributed by atoms with E-state index >= 15 is 0 Å². The van der Waals surface area contributed by atoms with E-state index in [1.54, 1.807) is 0 Å². The Kier molecular flexibility index (Phi) is 9.96. The highest BCUT2D eigenvalue weighted by molar-refractivity contribution is 5.90. The van der Waals surface area contributed by atoms with Crippen LogP contribution in [-0.4, -0.2) is 47.3 Å². The second-order valence-electron chi connectivity index (χ2n) is 11.7. The van der Waals surface area contributed by atoms with E-state index in [-0.39, 0.29) is 0 Å². The summed E-state index contributed by atoms with van der Waals surface area (Å²) in [6.45, 7) is 14.3. The van der Waals surface area contributed by atoms with E-state index < -0.39 is 0 Å². The molecule has 1 saturated carbocycles. The maximum Gasteiger partial charge on any atom is 0.199 e. The maximum atomic E-state index is 10.8. The van der Waals surface area contributed by atoms with Gasteiger partial charge in [0.1, 0.15) is 0 Å². The van der Waals surface area contributed by atoms with Gasteiger partial charge >= 0.3 is 0 Å². The number of benzene rings is 1. The van der Waals surface area contributed by atoms with Crippen molar-refractivity contribution in [3.63, 3.8) is 0 Å². The molecule has 2 heterocycles. The topological polar surface area (TPSA) is 31.6 Å². The van der Waals surface area contributed by atoms with Crippen molar-refractivity contribution in [1.82, 2.24) is 9.47 Å². The summed E-state index contributed by atoms with van der Waals surface area (Å²) in [6, 6.07) is 7.05. The molecule has 0 spiro atoms. The molecule has 202 valence electrons. The van der Waals surface area contributed by atoms with Gasteiger partial charge in [-0.25, -0.2) is 0 Å². The molecule has 2 fully saturated rings. The van der Waals surface area contributed by atoms with Crippen molar-refractivity contribution in [3.05, 3.63) is 59.3 Å². The number of allylic oxidation sites excluding steroid dienone is 5. The van der Waals surface area contributed by atoms with Crippen molar-refractivity contribution in [2.24, 2.45) is 0 Å². The van der Waals surface area contributed by atoms with Gasteiger partial charge in [-0.1, -0.05) is 54.2 Å². The molecule has 4 nitrogen and oxygen atoms in total. The van der Waals surface area contributed by atoms with Crippen molar-refractivity contribution < 1.29 is 5.11 Å². The zero-order valence-corrected chi connectivity index (χ0v) is 23.8. The Balaban J connectivity index is 1.24. The molecular weight excluding hydrogens is 454 g/mol. The third kappa shape index (κ3) is 7.77. The highest BCUT2D eigenvalue weighted by atomic mass is 16.3. The Bertz CT molecular complexity index is 1100. The van der Waals surface area contributed by atoms with E-state index in [1.165, 1.54) is 66.3 Å². The SMILES string of the molecule is CC(C)=CCCC(C)=CCCC(C)=CCN1CCN(c2ccc3c(O)n(C4CCCCC4)cc3c2)CC1. The third-order valence-electron chi connectivity index (χ3n) is 8.33. The van der Waals surface area contributed by atoms with E-state index in [0.29, 0.717) is 11.9 Å². The van der Waals surface area contributed by atoms with Gasteiger partial charge in [-0.3, -0.25) is 4.90 Å². The summed E-state index contributed by atoms with van der Waals surface area (Å²) >= 11 is 0. The Morgan fingerprint density at radius 1 is 0.865 bits per heavy atom. The van der Waals surface area contributed by atoms with Crippen molar-refractivity contribution in [3.8, 4) is 5.88 Å². The van der Waals surface area contributed by atoms with Gasteiger partial charge in [0, 0.05) is 61.4 Å². The zero-order chi connectivity index (χ0) is 26.2. The van der Waals surface area contributed by atoms with Gasteiger partial charge in [-0.15, -0.1) is 0 Å². The molecule has 4 rings (SSSR count). The summed E-state index contributed by atoms with van der Waals surface area (Å²) in [6.07, 6.45) is 20.3. The number of fused-ring (bicyclic) bond motifs is 1. The first-order valence-electron chi connectivity index (χ1n) is 14.7. The lowest BCUT2D eigenvalue weighted by Crippen LogP contribution is -2.46. The first-order valence-corrected chi connectivity index (χ1v) is 14.7. The van der Waals surface area contributed by atoms with Crippen LogP contribution >= 0.6 is 0 Å². The second kappa shape index (κ2) is 13.4. The summed E-state index contributed by atoms with van der Waals surface area (Å²) < 4.78 is 2.14. The predicted octanol–water partition coefficient (Wildman–Crippen LogP) is 8.39. The molecule has 2 aromatic rings. The van der Waals surface area contributed by atoms with Crippen LogP contribution in [0.3, 0.4) is 0 Å². The molecule has 2 aliphatic rings. The summed E-state index contributed by atoms with van der Waals surface area (Å²) in [7, 11) is 0. The number of anilines is 1. The Hall–Kier alpha value is -2.46. The number of nitrogens with zero attached hydrogens (tertiary/aromatic N) is 3. The van der Waals surface area contributed by atoms with Crippen LogP contribution in [-0.2, 0) is 0 Å². The van der Waals surface area contributed by atoms with E-state index in [9.17, 15) is 5.11 Å². The lowest BCUT2D eigenvalue weighted by molar-refractivity contribution is 0.283. The van der Waals surface area contributed by atoms with Crippen LogP contribution in [0.2, 0.25) is 0 Å². The lowest BCUT2D eigenvalue weighted by atomic mass is 9.95. The average Bonchev–Trinajstić information content (AvgIpc) is 3.23. The number of rotatable bonds is 10. The third-order valence-corrected chi connectivity index (χ3v) is 8.33. The molecule has 1 aliphatic heterocycles. The predicted molar refractivity (Wildman–Crippen MR) is 160 cm³/mol. The quantitative estimate of drug-likeness (QED) is 0.330. The molecule has 0 atom stereocenters. The highest BCUT2D eigenvalue weighted by Crippen LogP contribution is 2.37. The largest absolute Gasteiger partial charge is 0.494 e. The minimum Gasteiger partial charge on any atom is -0.494 e. The molecule has 0 bridgehead atoms. The molecule has 1 N–H and O–H groups in total. The number of piperazine rings is 1. The van der Waals surface area contributed by atoms with E-state index in [4.69, 9.17) is 0 Å². The van der Waals surface area contributed by atoms with Gasteiger partial charge in [0.05, 0.1) is 0 Å². The Labute approximate surface area is 225 Å². The number of aromatic hydroxyl groups is 1. The maximum absolute atomic E-state index is 10.8. The summed E-state index contributed by atoms with van der Waals surface area (Å²) in [5, 5.41) is 13.0. The minimum atomic E-state index is 0.454. The van der Waals surface area contributed by atoms with E-state index in [0.717, 1.165) is 57.4 Å². The van der Waals surface area contributed by atoms with Crippen molar-refractivity contribution in [2.75, 3.05) is 37.6 Å². The molecule has 0 radical (unpaired) electrons. The van der Waals surface area contributed by atoms with Crippen molar-refractivity contribution in [2.45, 2.75) is 91.5 Å². The summed E-state index contributed by atoms with van der Waals surface area (Å²) in [5.41, 5.74) is 5.72. The van der Waals surface area contributed by atoms with Gasteiger partial charge in [0.25, 0.3) is 0 Å². The van der Waals surface area contributed by atoms with Gasteiger partial charge in [0.15, 0.2) is 5.88 Å². The van der Waals surface area contributed by atoms with Gasteiger partial charge in [0.2, 0.25) is 0 Å². The fraction of sp³-hybridized carbons (Fsp3) is 0.576. The minimum absolute atomic E-state index is 0.454. The number of hydrogen-bond donors (Lipinski definition) is 1. The molecule has 1 aromatic carbocycles. The van der Waals surface area contributed by atoms with Crippen LogP contribution in [0.4, 0.5) is 5.69 Å². The monoisotopic (exact) mass is 503 g/mol. The molecule has 4 heteroatoms. The molecule has 1 aromatic heterocycles. The first-order chi connectivity index (χ1) is 17.9. The molecular formula is C33H49N3O. The van der Waals surface area contributed by atoms with Crippen molar-refractivity contribution in [1.29, 1.82) is 0 Å². The summed E-state index contributed by atoms with van der Waals surface area (Å²) in [5.74, 6) is 0.454. The first kappa shape index (κ1) is 27.6. The summed E-state index contributed by atoms with van der Waals surface area (Å²) in [4.78, 5) is 5.08. The molecule has 1 aliphatic carbocycles. The number of aromatic nitrogens is 1.